The van der Waals surface area contributed by atoms with Crippen LogP contribution in [-0.4, -0.2) is 70.9 Å². The molecule has 5 rings (SSSR count). The molecule has 2 saturated heterocycles. The number of carbonyl (C=O) groups excluding carboxylic acids is 2. The van der Waals surface area contributed by atoms with Crippen LogP contribution in [0.5, 0.6) is 0 Å². The van der Waals surface area contributed by atoms with Gasteiger partial charge in [-0.1, -0.05) is 18.2 Å². The predicted molar refractivity (Wildman–Crippen MR) is 113 cm³/mol. The number of benzene rings is 1. The summed E-state index contributed by atoms with van der Waals surface area (Å²) in [5, 5.41) is 1.33. The van der Waals surface area contributed by atoms with Crippen molar-refractivity contribution in [3.63, 3.8) is 0 Å². The lowest BCUT2D eigenvalue weighted by Crippen LogP contribution is -2.57. The minimum Gasteiger partial charge on any atom is -0.361 e. The molecule has 6 nitrogen and oxygen atoms in total. The van der Waals surface area contributed by atoms with Gasteiger partial charge >= 0.3 is 6.03 Å². The van der Waals surface area contributed by atoms with Gasteiger partial charge in [0.05, 0.1) is 5.92 Å². The van der Waals surface area contributed by atoms with Crippen molar-refractivity contribution in [1.29, 1.82) is 0 Å². The molecule has 2 fully saturated rings. The molecule has 1 aromatic heterocycles. The third-order valence-corrected chi connectivity index (χ3v) is 6.99. The van der Waals surface area contributed by atoms with Crippen LogP contribution in [0.4, 0.5) is 4.79 Å². The van der Waals surface area contributed by atoms with E-state index in [0.717, 1.165) is 32.4 Å². The molecule has 0 saturated carbocycles. The molecule has 3 amide bonds. The second-order valence-corrected chi connectivity index (χ2v) is 8.68. The average molecular weight is 393 g/mol. The topological polar surface area (TPSA) is 59.7 Å². The number of H-pyrrole nitrogens is 1. The highest BCUT2D eigenvalue weighted by molar-refractivity contribution is 5.96. The van der Waals surface area contributed by atoms with Crippen molar-refractivity contribution in [2.75, 3.05) is 33.2 Å². The highest BCUT2D eigenvalue weighted by Gasteiger charge is 2.44. The molecular formula is C23H28N4O2. The van der Waals surface area contributed by atoms with E-state index in [1.54, 1.807) is 11.9 Å². The third-order valence-electron chi connectivity index (χ3n) is 6.99. The van der Waals surface area contributed by atoms with Crippen molar-refractivity contribution in [2.24, 2.45) is 5.92 Å². The zero-order chi connectivity index (χ0) is 20.1. The lowest BCUT2D eigenvalue weighted by molar-refractivity contribution is -0.136. The van der Waals surface area contributed by atoms with Crippen LogP contribution in [0.15, 0.2) is 37.1 Å². The van der Waals surface area contributed by atoms with Crippen molar-refractivity contribution in [3.05, 3.63) is 48.2 Å². The van der Waals surface area contributed by atoms with E-state index in [9.17, 15) is 9.59 Å². The number of imide groups is 1. The number of carbonyl (C=O) groups is 2. The predicted octanol–water partition coefficient (Wildman–Crippen LogP) is 2.97. The summed E-state index contributed by atoms with van der Waals surface area (Å²) in [6, 6.07) is 6.66. The van der Waals surface area contributed by atoms with Crippen LogP contribution >= 0.6 is 0 Å². The number of fused-ring (bicyclic) bond motifs is 2. The number of nitrogens with zero attached hydrogens (tertiary/aromatic N) is 3. The maximum absolute atomic E-state index is 13.4. The number of amides is 3. The largest absolute Gasteiger partial charge is 0.361 e. The van der Waals surface area contributed by atoms with Gasteiger partial charge in [0.2, 0.25) is 5.91 Å². The molecule has 6 heteroatoms. The summed E-state index contributed by atoms with van der Waals surface area (Å²) >= 11 is 0. The Morgan fingerprint density at radius 2 is 2.21 bits per heavy atom. The molecule has 29 heavy (non-hydrogen) atoms. The van der Waals surface area contributed by atoms with E-state index in [-0.39, 0.29) is 17.9 Å². The van der Waals surface area contributed by atoms with Crippen molar-refractivity contribution >= 4 is 22.8 Å². The van der Waals surface area contributed by atoms with E-state index in [1.165, 1.54) is 26.9 Å². The van der Waals surface area contributed by atoms with Crippen molar-refractivity contribution in [3.8, 4) is 0 Å². The van der Waals surface area contributed by atoms with Gasteiger partial charge in [-0.2, -0.15) is 0 Å². The Bertz CT molecular complexity index is 980. The van der Waals surface area contributed by atoms with Crippen LogP contribution in [0.1, 0.15) is 29.9 Å². The number of urea groups is 1. The molecule has 3 heterocycles. The van der Waals surface area contributed by atoms with E-state index in [0.29, 0.717) is 25.0 Å². The summed E-state index contributed by atoms with van der Waals surface area (Å²) < 4.78 is 0. The van der Waals surface area contributed by atoms with Gasteiger partial charge < -0.3 is 9.88 Å². The summed E-state index contributed by atoms with van der Waals surface area (Å²) in [4.78, 5) is 34.9. The van der Waals surface area contributed by atoms with Gasteiger partial charge in [0, 0.05) is 62.3 Å². The van der Waals surface area contributed by atoms with Crippen molar-refractivity contribution in [2.45, 2.75) is 31.2 Å². The van der Waals surface area contributed by atoms with Gasteiger partial charge in [0.1, 0.15) is 0 Å². The second kappa shape index (κ2) is 7.02. The normalized spacial score (nSPS) is 27.2. The first-order valence-corrected chi connectivity index (χ1v) is 10.6. The molecule has 2 aliphatic heterocycles. The quantitative estimate of drug-likeness (QED) is 0.817. The fourth-order valence-corrected chi connectivity index (χ4v) is 5.64. The Morgan fingerprint density at radius 1 is 1.34 bits per heavy atom. The van der Waals surface area contributed by atoms with Crippen LogP contribution in [0.2, 0.25) is 0 Å². The van der Waals surface area contributed by atoms with Gasteiger partial charge in [0.25, 0.3) is 0 Å². The SMILES string of the molecule is C=CCN1C[C@@H](C(=O)N2CCCN(C)C2=O)C[C@@H]2c3cccc4[nH]cc(c34)C[C@H]21. The van der Waals surface area contributed by atoms with Crippen LogP contribution < -0.4 is 0 Å². The first-order chi connectivity index (χ1) is 14.1. The van der Waals surface area contributed by atoms with Gasteiger partial charge in [-0.15, -0.1) is 6.58 Å². The molecule has 1 N–H and O–H groups in total. The lowest BCUT2D eigenvalue weighted by Gasteiger charge is -2.47. The summed E-state index contributed by atoms with van der Waals surface area (Å²) in [5.74, 6) is 0.116. The number of aromatic nitrogens is 1. The molecule has 0 bridgehead atoms. The van der Waals surface area contributed by atoms with Gasteiger partial charge in [-0.25, -0.2) is 4.79 Å². The Morgan fingerprint density at radius 3 is 3.03 bits per heavy atom. The lowest BCUT2D eigenvalue weighted by atomic mass is 9.72. The highest BCUT2D eigenvalue weighted by Crippen LogP contribution is 2.45. The van der Waals surface area contributed by atoms with Crippen LogP contribution in [-0.2, 0) is 11.2 Å². The Hall–Kier alpha value is -2.60. The molecular weight excluding hydrogens is 364 g/mol. The number of piperidine rings is 1. The van der Waals surface area contributed by atoms with Crippen LogP contribution in [0.25, 0.3) is 10.9 Å². The number of hydrogen-bond donors (Lipinski definition) is 1. The Kier molecular flexibility index (Phi) is 4.46. The third kappa shape index (κ3) is 2.89. The van der Waals surface area contributed by atoms with E-state index in [4.69, 9.17) is 0 Å². The van der Waals surface area contributed by atoms with E-state index in [1.807, 2.05) is 6.08 Å². The molecule has 152 valence electrons. The standard InChI is InChI=1S/C23H28N4O2/c1-3-8-26-14-16(22(28)27-10-5-9-25(2)23(27)29)11-18-17-6-4-7-19-21(17)15(13-24-19)12-20(18)26/h3-4,6-7,13,16,18,20,24H,1,5,8-12,14H2,2H3/t16-,18+,20+/m0/s1. The number of aromatic amines is 1. The maximum Gasteiger partial charge on any atom is 0.326 e. The molecule has 0 unspecified atom stereocenters. The average Bonchev–Trinajstić information content (AvgIpc) is 3.14. The Balaban J connectivity index is 1.49. The maximum atomic E-state index is 13.4. The van der Waals surface area contributed by atoms with Gasteiger partial charge in [-0.05, 0) is 36.5 Å². The zero-order valence-electron chi connectivity index (χ0n) is 16.9. The highest BCUT2D eigenvalue weighted by atomic mass is 16.2. The Labute approximate surface area is 171 Å². The summed E-state index contributed by atoms with van der Waals surface area (Å²) in [7, 11) is 1.78. The minimum absolute atomic E-state index is 0.0129. The second-order valence-electron chi connectivity index (χ2n) is 8.68. The number of rotatable bonds is 3. The summed E-state index contributed by atoms with van der Waals surface area (Å²) in [6.07, 6.45) is 6.69. The van der Waals surface area contributed by atoms with Crippen molar-refractivity contribution in [1.82, 2.24) is 19.7 Å². The van der Waals surface area contributed by atoms with E-state index < -0.39 is 0 Å². The van der Waals surface area contributed by atoms with E-state index in [2.05, 4.69) is 40.9 Å². The molecule has 3 aliphatic rings. The molecule has 1 aliphatic carbocycles. The summed E-state index contributed by atoms with van der Waals surface area (Å²) in [5.41, 5.74) is 3.87. The molecule has 0 spiro atoms. The number of likely N-dealkylation sites (tertiary alicyclic amines) is 1. The number of hydrogen-bond acceptors (Lipinski definition) is 3. The first kappa shape index (κ1) is 18.4. The van der Waals surface area contributed by atoms with Gasteiger partial charge in [0.15, 0.2) is 0 Å². The minimum atomic E-state index is -0.164. The molecule has 1 aromatic carbocycles. The smallest absolute Gasteiger partial charge is 0.326 e. The molecule has 0 radical (unpaired) electrons. The molecule has 2 aromatic rings. The van der Waals surface area contributed by atoms with Gasteiger partial charge in [-0.3, -0.25) is 14.6 Å². The van der Waals surface area contributed by atoms with Crippen molar-refractivity contribution < 1.29 is 9.59 Å². The fourth-order valence-electron chi connectivity index (χ4n) is 5.64. The molecule has 3 atom stereocenters. The first-order valence-electron chi connectivity index (χ1n) is 10.6. The van der Waals surface area contributed by atoms with Crippen LogP contribution in [0, 0.1) is 5.92 Å². The zero-order valence-corrected chi connectivity index (χ0v) is 16.9. The van der Waals surface area contributed by atoms with E-state index >= 15 is 0 Å². The monoisotopic (exact) mass is 392 g/mol. The van der Waals surface area contributed by atoms with Crippen LogP contribution in [0.3, 0.4) is 0 Å². The number of nitrogens with one attached hydrogen (secondary N) is 1. The summed E-state index contributed by atoms with van der Waals surface area (Å²) in [6.45, 7) is 6.65. The fraction of sp³-hybridized carbons (Fsp3) is 0.478.